The number of aliphatic hydroxyl groups excluding tert-OH is 1. The maximum atomic E-state index is 12.7. The maximum absolute atomic E-state index is 12.7. The molecule has 1 aromatic carbocycles. The minimum atomic E-state index is 0.0203. The lowest BCUT2D eigenvalue weighted by Gasteiger charge is -2.38. The van der Waals surface area contributed by atoms with Crippen LogP contribution in [0.5, 0.6) is 0 Å². The molecule has 4 heteroatoms. The summed E-state index contributed by atoms with van der Waals surface area (Å²) in [6.07, 6.45) is 5.45. The summed E-state index contributed by atoms with van der Waals surface area (Å²) in [6.45, 7) is 4.75. The molecule has 0 radical (unpaired) electrons. The van der Waals surface area contributed by atoms with Crippen LogP contribution in [-0.4, -0.2) is 41.7 Å². The molecule has 4 nitrogen and oxygen atoms in total. The van der Waals surface area contributed by atoms with Crippen LogP contribution in [0.4, 0.5) is 0 Å². The van der Waals surface area contributed by atoms with Crippen molar-refractivity contribution in [2.75, 3.05) is 19.7 Å². The maximum Gasteiger partial charge on any atom is 0.247 e. The molecule has 2 N–H and O–H groups in total. The van der Waals surface area contributed by atoms with Crippen LogP contribution >= 0.6 is 0 Å². The van der Waals surface area contributed by atoms with Crippen LogP contribution in [0.3, 0.4) is 0 Å². The Morgan fingerprint density at radius 1 is 1.24 bits per heavy atom. The van der Waals surface area contributed by atoms with Gasteiger partial charge in [0, 0.05) is 37.2 Å². The van der Waals surface area contributed by atoms with Gasteiger partial charge in [-0.3, -0.25) is 9.69 Å². The van der Waals surface area contributed by atoms with Gasteiger partial charge in [0.2, 0.25) is 5.91 Å². The Bertz CT molecular complexity index is 604. The summed E-state index contributed by atoms with van der Waals surface area (Å²) in [5.74, 6) is 0.208. The topological polar surface area (TPSA) is 52.6 Å². The van der Waals surface area contributed by atoms with Gasteiger partial charge in [0.05, 0.1) is 0 Å². The van der Waals surface area contributed by atoms with Gasteiger partial charge in [0.1, 0.15) is 0 Å². The lowest BCUT2D eigenvalue weighted by atomic mass is 9.91. The van der Waals surface area contributed by atoms with Crippen LogP contribution in [0.15, 0.2) is 41.5 Å². The van der Waals surface area contributed by atoms with Crippen molar-refractivity contribution in [3.8, 4) is 0 Å². The third-order valence-corrected chi connectivity index (χ3v) is 5.72. The van der Waals surface area contributed by atoms with Gasteiger partial charge in [0.15, 0.2) is 0 Å². The minimum Gasteiger partial charge on any atom is -0.396 e. The number of aliphatic hydroxyl groups is 1. The Hall–Kier alpha value is -1.65. The molecule has 1 aliphatic heterocycles. The fourth-order valence-corrected chi connectivity index (χ4v) is 4.05. The summed E-state index contributed by atoms with van der Waals surface area (Å²) in [6, 6.07) is 10.5. The highest BCUT2D eigenvalue weighted by Crippen LogP contribution is 2.27. The average Bonchev–Trinajstić information content (AvgIpc) is 3.17. The summed E-state index contributed by atoms with van der Waals surface area (Å²) in [4.78, 5) is 15.0. The van der Waals surface area contributed by atoms with E-state index in [1.165, 1.54) is 24.0 Å². The molecule has 0 aromatic heterocycles. The normalized spacial score (nSPS) is 24.3. The van der Waals surface area contributed by atoms with Gasteiger partial charge in [-0.15, -0.1) is 0 Å². The first-order chi connectivity index (χ1) is 12.2. The molecule has 1 saturated carbocycles. The van der Waals surface area contributed by atoms with Crippen LogP contribution in [0.25, 0.3) is 0 Å². The molecule has 3 rings (SSSR count). The standard InChI is InChI=1S/C21H30N2O2/c1-16(18-9-5-6-10-18)21(25)22-20-14-23(12-11-19(20)15-24)13-17-7-3-2-4-8-17/h2-4,7-8,19-20,24H,5-6,9-15H2,1H3,(H,22,25). The molecule has 1 amide bonds. The fraction of sp³-hybridized carbons (Fsp3) is 0.571. The number of carbonyl (C=O) groups is 1. The van der Waals surface area contributed by atoms with E-state index in [-0.39, 0.29) is 24.5 Å². The Balaban J connectivity index is 1.63. The zero-order chi connectivity index (χ0) is 17.6. The summed E-state index contributed by atoms with van der Waals surface area (Å²) >= 11 is 0. The first kappa shape index (κ1) is 18.2. The molecular formula is C21H30N2O2. The molecule has 0 bridgehead atoms. The molecule has 2 fully saturated rings. The van der Waals surface area contributed by atoms with E-state index in [2.05, 4.69) is 34.5 Å². The number of rotatable bonds is 5. The number of nitrogens with zero attached hydrogens (tertiary/aromatic N) is 1. The highest BCUT2D eigenvalue weighted by atomic mass is 16.3. The third-order valence-electron chi connectivity index (χ3n) is 5.72. The smallest absolute Gasteiger partial charge is 0.247 e. The number of likely N-dealkylation sites (tertiary alicyclic amines) is 1. The second-order valence-electron chi connectivity index (χ2n) is 7.47. The predicted octanol–water partition coefficient (Wildman–Crippen LogP) is 2.88. The van der Waals surface area contributed by atoms with E-state index in [4.69, 9.17) is 0 Å². The number of nitrogens with one attached hydrogen (secondary N) is 1. The largest absolute Gasteiger partial charge is 0.396 e. The van der Waals surface area contributed by atoms with Gasteiger partial charge in [-0.1, -0.05) is 35.9 Å². The van der Waals surface area contributed by atoms with Gasteiger partial charge in [-0.2, -0.15) is 0 Å². The van der Waals surface area contributed by atoms with E-state index >= 15 is 0 Å². The summed E-state index contributed by atoms with van der Waals surface area (Å²) < 4.78 is 0. The minimum absolute atomic E-state index is 0.0203. The van der Waals surface area contributed by atoms with Crippen molar-refractivity contribution in [2.24, 2.45) is 5.92 Å². The molecule has 2 atom stereocenters. The number of hydrogen-bond donors (Lipinski definition) is 2. The number of piperidine rings is 1. The lowest BCUT2D eigenvalue weighted by molar-refractivity contribution is -0.119. The zero-order valence-corrected chi connectivity index (χ0v) is 15.2. The highest BCUT2D eigenvalue weighted by molar-refractivity contribution is 5.93. The van der Waals surface area contributed by atoms with Crippen molar-refractivity contribution in [1.29, 1.82) is 0 Å². The van der Waals surface area contributed by atoms with Gasteiger partial charge >= 0.3 is 0 Å². The first-order valence-electron chi connectivity index (χ1n) is 9.54. The predicted molar refractivity (Wildman–Crippen MR) is 100 cm³/mol. The molecule has 1 saturated heterocycles. The highest BCUT2D eigenvalue weighted by Gasteiger charge is 2.30. The summed E-state index contributed by atoms with van der Waals surface area (Å²) in [7, 11) is 0. The summed E-state index contributed by atoms with van der Waals surface area (Å²) in [5.41, 5.74) is 3.50. The second-order valence-corrected chi connectivity index (χ2v) is 7.47. The fourth-order valence-electron chi connectivity index (χ4n) is 4.05. The van der Waals surface area contributed by atoms with Gasteiger partial charge < -0.3 is 10.4 Å². The Morgan fingerprint density at radius 2 is 1.96 bits per heavy atom. The Morgan fingerprint density at radius 3 is 2.64 bits per heavy atom. The number of hydrogen-bond acceptors (Lipinski definition) is 3. The molecule has 1 heterocycles. The van der Waals surface area contributed by atoms with E-state index in [1.54, 1.807) is 0 Å². The molecular weight excluding hydrogens is 312 g/mol. The van der Waals surface area contributed by atoms with Gasteiger partial charge in [-0.05, 0) is 51.1 Å². The van der Waals surface area contributed by atoms with E-state index in [9.17, 15) is 9.90 Å². The number of allylic oxidation sites excluding steroid dienone is 1. The van der Waals surface area contributed by atoms with Crippen LogP contribution < -0.4 is 5.32 Å². The van der Waals surface area contributed by atoms with Crippen molar-refractivity contribution in [3.63, 3.8) is 0 Å². The number of benzene rings is 1. The molecule has 0 spiro atoms. The number of amides is 1. The van der Waals surface area contributed by atoms with Crippen molar-refractivity contribution in [2.45, 2.75) is 51.6 Å². The zero-order valence-electron chi connectivity index (χ0n) is 15.2. The molecule has 1 aliphatic carbocycles. The van der Waals surface area contributed by atoms with Crippen molar-refractivity contribution in [3.05, 3.63) is 47.0 Å². The van der Waals surface area contributed by atoms with Crippen LogP contribution in [0.1, 0.15) is 44.6 Å². The van der Waals surface area contributed by atoms with E-state index < -0.39 is 0 Å². The Labute approximate surface area is 150 Å². The summed E-state index contributed by atoms with van der Waals surface area (Å²) in [5, 5.41) is 12.9. The SMILES string of the molecule is CC(C(=O)NC1CN(Cc2ccccc2)CCC1CO)=C1CCCC1. The van der Waals surface area contributed by atoms with Crippen molar-refractivity contribution in [1.82, 2.24) is 10.2 Å². The van der Waals surface area contributed by atoms with E-state index in [1.807, 2.05) is 13.0 Å². The monoisotopic (exact) mass is 342 g/mol. The van der Waals surface area contributed by atoms with Crippen LogP contribution in [0, 0.1) is 5.92 Å². The molecule has 25 heavy (non-hydrogen) atoms. The second kappa shape index (κ2) is 8.63. The number of carbonyl (C=O) groups excluding carboxylic acids is 1. The van der Waals surface area contributed by atoms with E-state index in [0.29, 0.717) is 0 Å². The van der Waals surface area contributed by atoms with Crippen molar-refractivity contribution >= 4 is 5.91 Å². The quantitative estimate of drug-likeness (QED) is 0.809. The van der Waals surface area contributed by atoms with Crippen LogP contribution in [-0.2, 0) is 11.3 Å². The molecule has 1 aromatic rings. The van der Waals surface area contributed by atoms with Crippen molar-refractivity contribution < 1.29 is 9.90 Å². The third kappa shape index (κ3) is 4.71. The van der Waals surface area contributed by atoms with Gasteiger partial charge in [-0.25, -0.2) is 0 Å². The molecule has 2 aliphatic rings. The Kier molecular flexibility index (Phi) is 6.27. The van der Waals surface area contributed by atoms with E-state index in [0.717, 1.165) is 44.5 Å². The lowest BCUT2D eigenvalue weighted by Crippen LogP contribution is -2.53. The average molecular weight is 342 g/mol. The van der Waals surface area contributed by atoms with Gasteiger partial charge in [0.25, 0.3) is 0 Å². The first-order valence-corrected chi connectivity index (χ1v) is 9.54. The van der Waals surface area contributed by atoms with Crippen LogP contribution in [0.2, 0.25) is 0 Å². The molecule has 2 unspecified atom stereocenters. The molecule has 136 valence electrons.